The molecule has 0 atom stereocenters. The van der Waals surface area contributed by atoms with Crippen LogP contribution in [0.5, 0.6) is 0 Å². The molecule has 0 unspecified atom stereocenters. The van der Waals surface area contributed by atoms with Gasteiger partial charge in [-0.3, -0.25) is 19.0 Å². The minimum atomic E-state index is -0.503. The summed E-state index contributed by atoms with van der Waals surface area (Å²) in [5.41, 5.74) is 2.29. The van der Waals surface area contributed by atoms with Crippen molar-refractivity contribution >= 4 is 137 Å². The van der Waals surface area contributed by atoms with E-state index in [1.54, 1.807) is 60.1 Å². The highest BCUT2D eigenvalue weighted by Gasteiger charge is 2.63. The average molecular weight is 1330 g/mol. The zero-order chi connectivity index (χ0) is 50.5. The number of hydrogen-bond acceptors (Lipinski definition) is 8. The number of carbonyl (C=O) groups is 2. The van der Waals surface area contributed by atoms with Gasteiger partial charge in [0.1, 0.15) is 19.0 Å². The first-order valence-electron chi connectivity index (χ1n) is 20.7. The fourth-order valence-corrected chi connectivity index (χ4v) is 8.55. The molecule has 4 aromatic carbocycles. The lowest BCUT2D eigenvalue weighted by Gasteiger charge is -2.32. The van der Waals surface area contributed by atoms with Crippen LogP contribution >= 0.6 is 100 Å². The van der Waals surface area contributed by atoms with Crippen molar-refractivity contribution in [3.05, 3.63) is 146 Å². The van der Waals surface area contributed by atoms with Gasteiger partial charge in [-0.25, -0.2) is 8.78 Å². The van der Waals surface area contributed by atoms with Crippen LogP contribution in [0.4, 0.5) is 20.2 Å². The van der Waals surface area contributed by atoms with Gasteiger partial charge >= 0.3 is 14.0 Å². The third-order valence-electron chi connectivity index (χ3n) is 11.2. The number of rotatable bonds is 6. The zero-order valence-electron chi connectivity index (χ0n) is 38.7. The molecule has 2 saturated heterocycles. The number of hydrogen-bond donors (Lipinski definition) is 2. The van der Waals surface area contributed by atoms with Crippen LogP contribution in [-0.2, 0) is 32.7 Å². The summed E-state index contributed by atoms with van der Waals surface area (Å²) in [5.74, 6) is -1.33. The van der Waals surface area contributed by atoms with Crippen LogP contribution in [-0.4, -0.2) is 67.8 Å². The molecule has 0 radical (unpaired) electrons. The number of halogens is 8. The molecule has 6 aromatic rings. The number of para-hydroxylation sites is 2. The Balaban J connectivity index is 0.000000177. The first-order chi connectivity index (χ1) is 31.6. The normalized spacial score (nSPS) is 16.1. The Hall–Kier alpha value is -2.93. The number of benzene rings is 4. The van der Waals surface area contributed by atoms with Crippen LogP contribution in [0, 0.1) is 19.0 Å². The fourth-order valence-electron chi connectivity index (χ4n) is 6.15. The van der Waals surface area contributed by atoms with Crippen LogP contribution in [0.25, 0.3) is 11.1 Å². The van der Waals surface area contributed by atoms with E-state index in [4.69, 9.17) is 41.8 Å². The summed E-state index contributed by atoms with van der Waals surface area (Å²) in [5, 5.41) is 14.2. The summed E-state index contributed by atoms with van der Waals surface area (Å²) in [6.07, 6.45) is 3.36. The molecule has 0 spiro atoms. The van der Waals surface area contributed by atoms with Gasteiger partial charge < -0.3 is 29.3 Å². The summed E-state index contributed by atoms with van der Waals surface area (Å²) >= 11 is 21.7. The van der Waals surface area contributed by atoms with Crippen molar-refractivity contribution in [1.82, 2.24) is 19.6 Å². The molecule has 68 heavy (non-hydrogen) atoms. The molecular formula is C46H48B2Br2Cl2F2I2N6O6. The molecule has 22 heteroatoms. The summed E-state index contributed by atoms with van der Waals surface area (Å²) < 4.78 is 56.1. The average Bonchev–Trinajstić information content (AvgIpc) is 3.92. The molecule has 2 amide bonds. The van der Waals surface area contributed by atoms with Gasteiger partial charge in [0.2, 0.25) is 0 Å². The number of anilines is 2. The standard InChI is InChI=1S/C17H12ClFIN3O.C12H24B2O4.C11H9BrIN3O.C6H3BrClF/c1-23-9-12(16(20)22-23)17(24)21-15-5-3-2-4-11(15)10-6-7-13(18)14(19)8-10;1-9(2)10(3,4)16-13(15-9)14-17-11(5,6)12(7,8)18-14;1-16-6-7(10(13)15-16)11(17)14-9-5-3-2-4-8(9)12;7-4-1-2-5(8)6(9)3-4/h2-9H,1H3,(H,21,24);1-8H3;2-6H,1H3,(H,14,17);1-3H. The van der Waals surface area contributed by atoms with E-state index in [-0.39, 0.29) is 44.3 Å². The first kappa shape index (κ1) is 56.0. The van der Waals surface area contributed by atoms with Crippen molar-refractivity contribution in [2.24, 2.45) is 14.1 Å². The molecule has 360 valence electrons. The molecule has 12 nitrogen and oxygen atoms in total. The molecule has 0 bridgehead atoms. The van der Waals surface area contributed by atoms with Crippen molar-refractivity contribution in [2.75, 3.05) is 10.6 Å². The number of nitrogens with zero attached hydrogens (tertiary/aromatic N) is 4. The number of carbonyl (C=O) groups excluding carboxylic acids is 2. The Morgan fingerprint density at radius 2 is 1.01 bits per heavy atom. The maximum Gasteiger partial charge on any atom is 0.488 e. The minimum absolute atomic E-state index is 0.0604. The lowest BCUT2D eigenvalue weighted by Crippen LogP contribution is -2.41. The molecule has 2 fully saturated rings. The van der Waals surface area contributed by atoms with E-state index in [1.165, 1.54) is 24.3 Å². The lowest BCUT2D eigenvalue weighted by atomic mass is 9.49. The predicted molar refractivity (Wildman–Crippen MR) is 290 cm³/mol. The maximum absolute atomic E-state index is 13.7. The van der Waals surface area contributed by atoms with Crippen molar-refractivity contribution in [1.29, 1.82) is 0 Å². The second kappa shape index (κ2) is 23.1. The molecule has 8 rings (SSSR count). The number of amides is 2. The predicted octanol–water partition coefficient (Wildman–Crippen LogP) is 13.3. The smallest absolute Gasteiger partial charge is 0.405 e. The summed E-state index contributed by atoms with van der Waals surface area (Å²) in [6.45, 7) is 16.2. The maximum atomic E-state index is 13.7. The third-order valence-corrected chi connectivity index (χ3v) is 14.6. The summed E-state index contributed by atoms with van der Waals surface area (Å²) in [4.78, 5) is 24.5. The Labute approximate surface area is 450 Å². The summed E-state index contributed by atoms with van der Waals surface area (Å²) in [7, 11) is 2.59. The topological polar surface area (TPSA) is 131 Å². The number of nitrogens with one attached hydrogen (secondary N) is 2. The van der Waals surface area contributed by atoms with Crippen molar-refractivity contribution in [3.63, 3.8) is 0 Å². The van der Waals surface area contributed by atoms with Crippen LogP contribution in [0.2, 0.25) is 10.0 Å². The largest absolute Gasteiger partial charge is 0.488 e. The minimum Gasteiger partial charge on any atom is -0.405 e. The molecule has 2 aliphatic rings. The number of aryl methyl sites for hydroxylation is 2. The molecule has 0 aliphatic carbocycles. The molecular weight excluding hydrogens is 1280 g/mol. The monoisotopic (exact) mass is 1320 g/mol. The first-order valence-corrected chi connectivity index (χ1v) is 25.2. The van der Waals surface area contributed by atoms with E-state index in [2.05, 4.69) is 52.7 Å². The van der Waals surface area contributed by atoms with Gasteiger partial charge in [-0.05, 0) is 171 Å². The second-order valence-corrected chi connectivity index (χ2v) is 22.0. The van der Waals surface area contributed by atoms with E-state index in [1.807, 2.05) is 137 Å². The number of aromatic nitrogens is 4. The SMILES string of the molecule is CC1(C)OB(B2OC(C)(C)C(C)(C)O2)OC1(C)C.Cn1cc(C(=O)Nc2ccccc2-c2ccc(Cl)c(F)c2)c(I)n1.Cn1cc(C(=O)Nc2ccccc2Br)c(I)n1.Fc1cc(Br)ccc1Cl. The Bertz CT molecular complexity index is 2720. The van der Waals surface area contributed by atoms with Gasteiger partial charge in [-0.15, -0.1) is 0 Å². The van der Waals surface area contributed by atoms with Gasteiger partial charge in [-0.2, -0.15) is 10.2 Å². The van der Waals surface area contributed by atoms with E-state index in [0.29, 0.717) is 39.8 Å². The van der Waals surface area contributed by atoms with Crippen LogP contribution in [0.1, 0.15) is 76.1 Å². The van der Waals surface area contributed by atoms with Crippen LogP contribution in [0.3, 0.4) is 0 Å². The molecule has 2 aliphatic heterocycles. The highest BCUT2D eigenvalue weighted by atomic mass is 127. The van der Waals surface area contributed by atoms with E-state index >= 15 is 0 Å². The third kappa shape index (κ3) is 14.1. The zero-order valence-corrected chi connectivity index (χ0v) is 47.7. The fraction of sp³-hybridized carbons (Fsp3) is 0.304. The van der Waals surface area contributed by atoms with E-state index < -0.39 is 25.7 Å². The quantitative estimate of drug-likeness (QED) is 0.0958. The van der Waals surface area contributed by atoms with Crippen LogP contribution < -0.4 is 10.6 Å². The molecule has 2 N–H and O–H groups in total. The molecule has 4 heterocycles. The van der Waals surface area contributed by atoms with Crippen molar-refractivity contribution in [3.8, 4) is 11.1 Å². The van der Waals surface area contributed by atoms with Gasteiger partial charge in [-0.1, -0.05) is 75.5 Å². The van der Waals surface area contributed by atoms with Gasteiger partial charge in [0.05, 0.1) is 49.3 Å². The molecule has 0 saturated carbocycles. The second-order valence-electron chi connectivity index (χ2n) is 17.4. The summed E-state index contributed by atoms with van der Waals surface area (Å²) in [6, 6.07) is 23.8. The Kier molecular flexibility index (Phi) is 19.0. The van der Waals surface area contributed by atoms with E-state index in [9.17, 15) is 18.4 Å². The van der Waals surface area contributed by atoms with Crippen molar-refractivity contribution < 1.29 is 37.0 Å². The molecule has 2 aromatic heterocycles. The highest BCUT2D eigenvalue weighted by molar-refractivity contribution is 14.1. The van der Waals surface area contributed by atoms with Gasteiger partial charge in [0, 0.05) is 46.7 Å². The van der Waals surface area contributed by atoms with E-state index in [0.717, 1.165) is 10.2 Å². The lowest BCUT2D eigenvalue weighted by molar-refractivity contribution is 0.00578. The highest BCUT2D eigenvalue weighted by Crippen LogP contribution is 2.43. The van der Waals surface area contributed by atoms with Crippen LogP contribution in [0.15, 0.2) is 106 Å². The van der Waals surface area contributed by atoms with Gasteiger partial charge in [0.25, 0.3) is 11.8 Å². The Morgan fingerprint density at radius 3 is 1.41 bits per heavy atom. The van der Waals surface area contributed by atoms with Crippen molar-refractivity contribution in [2.45, 2.75) is 77.8 Å². The van der Waals surface area contributed by atoms with Gasteiger partial charge in [0.15, 0.2) is 0 Å². The Morgan fingerprint density at radius 1 is 0.618 bits per heavy atom.